The van der Waals surface area contributed by atoms with Crippen molar-refractivity contribution >= 4 is 34.3 Å². The lowest BCUT2D eigenvalue weighted by Crippen LogP contribution is -2.48. The highest BCUT2D eigenvalue weighted by Crippen LogP contribution is 2.47. The quantitative estimate of drug-likeness (QED) is 0.537. The maximum absolute atomic E-state index is 14.2. The maximum atomic E-state index is 14.2. The summed E-state index contributed by atoms with van der Waals surface area (Å²) in [5.41, 5.74) is 6.14. The van der Waals surface area contributed by atoms with E-state index >= 15 is 0 Å². The summed E-state index contributed by atoms with van der Waals surface area (Å²) in [6, 6.07) is 7.33. The molecule has 10 nitrogen and oxygen atoms in total. The molecule has 6 rings (SSSR count). The molecule has 3 aromatic rings. The van der Waals surface area contributed by atoms with E-state index in [9.17, 15) is 19.2 Å². The van der Waals surface area contributed by atoms with Gasteiger partial charge in [0.2, 0.25) is 17.7 Å². The maximum Gasteiger partial charge on any atom is 0.262 e. The summed E-state index contributed by atoms with van der Waals surface area (Å²) < 4.78 is 3.23. The molecule has 1 spiro atoms. The van der Waals surface area contributed by atoms with Gasteiger partial charge in [-0.3, -0.25) is 23.9 Å². The van der Waals surface area contributed by atoms with Crippen molar-refractivity contribution in [1.29, 1.82) is 0 Å². The number of amides is 3. The van der Waals surface area contributed by atoms with Gasteiger partial charge in [0.1, 0.15) is 12.1 Å². The number of anilines is 1. The first-order chi connectivity index (χ1) is 18.0. The first kappa shape index (κ1) is 24.4. The number of primary amides is 1. The molecule has 4 heterocycles. The van der Waals surface area contributed by atoms with Crippen molar-refractivity contribution in [3.63, 3.8) is 0 Å². The minimum Gasteiger partial charge on any atom is -0.368 e. The lowest BCUT2D eigenvalue weighted by Gasteiger charge is -2.29. The predicted octanol–water partition coefficient (Wildman–Crippen LogP) is 2.27. The lowest BCUT2D eigenvalue weighted by molar-refractivity contribution is -0.140. The molecule has 2 aliphatic heterocycles. The van der Waals surface area contributed by atoms with E-state index in [0.717, 1.165) is 18.4 Å². The highest BCUT2D eigenvalue weighted by molar-refractivity contribution is 6.08. The number of rotatable bonds is 5. The van der Waals surface area contributed by atoms with Crippen LogP contribution in [0.2, 0.25) is 0 Å². The molecule has 3 atom stereocenters. The van der Waals surface area contributed by atoms with Crippen molar-refractivity contribution in [3.8, 4) is 0 Å². The smallest absolute Gasteiger partial charge is 0.262 e. The molecule has 3 aliphatic rings. The van der Waals surface area contributed by atoms with Crippen LogP contribution in [0.15, 0.2) is 47.5 Å². The number of benzene rings is 1. The van der Waals surface area contributed by atoms with Crippen molar-refractivity contribution in [2.24, 2.45) is 11.7 Å². The van der Waals surface area contributed by atoms with E-state index in [4.69, 9.17) is 5.73 Å². The van der Waals surface area contributed by atoms with Crippen LogP contribution in [-0.4, -0.2) is 49.6 Å². The van der Waals surface area contributed by atoms with Crippen molar-refractivity contribution in [2.75, 3.05) is 11.9 Å². The van der Waals surface area contributed by atoms with Gasteiger partial charge in [-0.15, -0.1) is 0 Å². The number of hydrogen-bond donors (Lipinski definition) is 2. The van der Waals surface area contributed by atoms with Crippen LogP contribution in [0.1, 0.15) is 58.1 Å². The second-order valence-corrected chi connectivity index (χ2v) is 11.9. The summed E-state index contributed by atoms with van der Waals surface area (Å²) in [4.78, 5) is 55.2. The molecule has 1 saturated carbocycles. The Labute approximate surface area is 219 Å². The lowest BCUT2D eigenvalue weighted by atomic mass is 9.79. The van der Waals surface area contributed by atoms with Gasteiger partial charge in [-0.1, -0.05) is 31.0 Å². The summed E-state index contributed by atoms with van der Waals surface area (Å²) >= 11 is 0. The molecule has 0 radical (unpaired) electrons. The Bertz CT molecular complexity index is 1540. The molecule has 10 heteroatoms. The van der Waals surface area contributed by atoms with E-state index in [-0.39, 0.29) is 35.9 Å². The Morgan fingerprint density at radius 1 is 1.18 bits per heavy atom. The minimum atomic E-state index is -1.06. The zero-order valence-corrected chi connectivity index (χ0v) is 21.8. The molecule has 0 unspecified atom stereocenters. The van der Waals surface area contributed by atoms with Gasteiger partial charge < -0.3 is 20.5 Å². The number of carbonyl (C=O) groups is 3. The van der Waals surface area contributed by atoms with Crippen molar-refractivity contribution in [2.45, 2.75) is 69.5 Å². The fourth-order valence-corrected chi connectivity index (χ4v) is 5.94. The first-order valence-corrected chi connectivity index (χ1v) is 13.1. The highest BCUT2D eigenvalue weighted by atomic mass is 16.2. The second-order valence-electron chi connectivity index (χ2n) is 11.9. The van der Waals surface area contributed by atoms with Crippen molar-refractivity contribution < 1.29 is 14.4 Å². The topological polar surface area (TPSA) is 132 Å². The Balaban J connectivity index is 1.41. The summed E-state index contributed by atoms with van der Waals surface area (Å²) in [6.45, 7) is 6.03. The van der Waals surface area contributed by atoms with Crippen molar-refractivity contribution in [3.05, 3.63) is 58.6 Å². The van der Waals surface area contributed by atoms with Gasteiger partial charge in [-0.2, -0.15) is 5.10 Å². The van der Waals surface area contributed by atoms with Crippen LogP contribution in [0.25, 0.3) is 10.9 Å². The highest BCUT2D eigenvalue weighted by Gasteiger charge is 2.57. The number of likely N-dealkylation sites (tertiary alicyclic amines) is 1. The number of hydrogen-bond acceptors (Lipinski definition) is 5. The van der Waals surface area contributed by atoms with Gasteiger partial charge >= 0.3 is 0 Å². The second kappa shape index (κ2) is 8.28. The third-order valence-electron chi connectivity index (χ3n) is 8.26. The molecule has 3 amide bonds. The molecule has 1 aliphatic carbocycles. The Morgan fingerprint density at radius 3 is 2.61 bits per heavy atom. The summed E-state index contributed by atoms with van der Waals surface area (Å²) in [5.74, 6) is -0.943. The normalized spacial score (nSPS) is 23.6. The van der Waals surface area contributed by atoms with Crippen LogP contribution in [0.5, 0.6) is 0 Å². The van der Waals surface area contributed by atoms with Crippen LogP contribution in [0, 0.1) is 5.92 Å². The number of nitrogens with two attached hydrogens (primary N) is 1. The van der Waals surface area contributed by atoms with Crippen molar-refractivity contribution in [1.82, 2.24) is 19.2 Å². The number of nitrogens with zero attached hydrogens (tertiary/aromatic N) is 4. The third-order valence-corrected chi connectivity index (χ3v) is 8.26. The molecule has 0 bridgehead atoms. The van der Waals surface area contributed by atoms with E-state index in [1.807, 2.05) is 45.0 Å². The van der Waals surface area contributed by atoms with Gasteiger partial charge in [-0.05, 0) is 57.2 Å². The molecular weight excluding hydrogens is 484 g/mol. The molecule has 2 aromatic heterocycles. The van der Waals surface area contributed by atoms with E-state index in [1.165, 1.54) is 9.47 Å². The number of aromatic nitrogens is 3. The van der Waals surface area contributed by atoms with E-state index < -0.39 is 23.4 Å². The summed E-state index contributed by atoms with van der Waals surface area (Å²) in [7, 11) is 0. The molecule has 1 saturated heterocycles. The fraction of sp³-hybridized carbons (Fsp3) is 0.464. The summed E-state index contributed by atoms with van der Waals surface area (Å²) in [5, 5.41) is 7.89. The Morgan fingerprint density at radius 2 is 1.92 bits per heavy atom. The largest absolute Gasteiger partial charge is 0.368 e. The summed E-state index contributed by atoms with van der Waals surface area (Å²) in [6.07, 6.45) is 5.92. The van der Waals surface area contributed by atoms with Crippen LogP contribution in [0.4, 0.5) is 5.69 Å². The standard InChI is InChI=1S/C28H32N6O4/c1-27(2,3)34-14-17-19(31-34)10-11-32(24(17)36)21(12-16-8-9-16)25(37)33-15-28(13-22(33)23(29)35)18-6-4-5-7-20(18)30-26(28)38/h4-7,10-11,14,16,21-22H,8-9,12-13,15H2,1-3H3,(H2,29,35)(H,30,38)/t21-,22-,28-/m0/s1. The molecule has 38 heavy (non-hydrogen) atoms. The molecule has 1 aromatic carbocycles. The van der Waals surface area contributed by atoms with Crippen LogP contribution in [0.3, 0.4) is 0 Å². The molecule has 2 fully saturated rings. The monoisotopic (exact) mass is 516 g/mol. The number of carbonyl (C=O) groups excluding carboxylic acids is 3. The third kappa shape index (κ3) is 3.73. The van der Waals surface area contributed by atoms with Gasteiger partial charge in [0.05, 0.1) is 21.9 Å². The number of para-hydroxylation sites is 1. The van der Waals surface area contributed by atoms with E-state index in [0.29, 0.717) is 28.9 Å². The number of fused-ring (bicyclic) bond motifs is 3. The number of pyridine rings is 1. The Kier molecular flexibility index (Phi) is 5.31. The predicted molar refractivity (Wildman–Crippen MR) is 141 cm³/mol. The van der Waals surface area contributed by atoms with Crippen LogP contribution in [-0.2, 0) is 25.3 Å². The van der Waals surface area contributed by atoms with E-state index in [2.05, 4.69) is 10.4 Å². The van der Waals surface area contributed by atoms with Gasteiger partial charge in [0.15, 0.2) is 0 Å². The fourth-order valence-electron chi connectivity index (χ4n) is 5.94. The number of nitrogens with one attached hydrogen (secondary N) is 1. The van der Waals surface area contributed by atoms with Crippen LogP contribution < -0.4 is 16.6 Å². The zero-order chi connectivity index (χ0) is 27.0. The average Bonchev–Trinajstić information content (AvgIpc) is 3.31. The zero-order valence-electron chi connectivity index (χ0n) is 21.8. The minimum absolute atomic E-state index is 0.0302. The average molecular weight is 517 g/mol. The SMILES string of the molecule is CC(C)(C)n1cc2c(=O)n([C@@H](CC3CC3)C(=O)N3C[C@]4(C[C@H]3C(N)=O)C(=O)Nc3ccccc34)ccc2n1. The molecule has 198 valence electrons. The van der Waals surface area contributed by atoms with Gasteiger partial charge in [-0.25, -0.2) is 0 Å². The van der Waals surface area contributed by atoms with Gasteiger partial charge in [0.25, 0.3) is 5.56 Å². The molecule has 3 N–H and O–H groups in total. The van der Waals surface area contributed by atoms with Gasteiger partial charge in [0, 0.05) is 24.6 Å². The van der Waals surface area contributed by atoms with Crippen LogP contribution >= 0.6 is 0 Å². The Hall–Kier alpha value is -3.95. The van der Waals surface area contributed by atoms with E-state index in [1.54, 1.807) is 23.1 Å². The molecular formula is C28H32N6O4. The first-order valence-electron chi connectivity index (χ1n) is 13.1.